The number of rotatable bonds is 3. The third-order valence-corrected chi connectivity index (χ3v) is 8.15. The van der Waals surface area contributed by atoms with Crippen LogP contribution in [0.25, 0.3) is 38.8 Å². The van der Waals surface area contributed by atoms with Crippen molar-refractivity contribution in [2.75, 3.05) is 0 Å². The molecule has 0 fully saturated rings. The van der Waals surface area contributed by atoms with E-state index in [1.807, 2.05) is 30.3 Å². The molecule has 40 heavy (non-hydrogen) atoms. The smallest absolute Gasteiger partial charge is 0.159 e. The lowest BCUT2D eigenvalue weighted by molar-refractivity contribution is 0.662. The Kier molecular flexibility index (Phi) is 5.35. The Morgan fingerprint density at radius 3 is 2.62 bits per heavy atom. The summed E-state index contributed by atoms with van der Waals surface area (Å²) in [6.45, 7) is 0. The minimum atomic E-state index is -0.388. The van der Waals surface area contributed by atoms with Gasteiger partial charge in [-0.3, -0.25) is 0 Å². The molecule has 1 N–H and O–H groups in total. The summed E-state index contributed by atoms with van der Waals surface area (Å²) in [5, 5.41) is 8.57. The summed E-state index contributed by atoms with van der Waals surface area (Å²) >= 11 is 6.63. The number of nitrogens with zero attached hydrogens (tertiary/aromatic N) is 2. The van der Waals surface area contributed by atoms with E-state index in [0.29, 0.717) is 16.4 Å². The molecule has 0 saturated carbocycles. The van der Waals surface area contributed by atoms with Crippen LogP contribution in [0.5, 0.6) is 0 Å². The monoisotopic (exact) mass is 537 g/mol. The Hall–Kier alpha value is -4.67. The van der Waals surface area contributed by atoms with E-state index < -0.39 is 0 Å². The standard InChI is InChI=1S/C35H24ClN3O/c36-29-18-17-28(31-27-11-5-6-12-30(27)40-32(29)31)35-38-33(25-15-13-21-7-1-3-9-23(21)19-25)37-34(39-35)26-16-14-22-8-2-4-10-24(22)20-26/h1,3-7,9-20,35H,2,8H2,(H,37,38,39). The summed E-state index contributed by atoms with van der Waals surface area (Å²) in [5.74, 6) is 1.48. The number of allylic oxidation sites excluding steroid dienone is 1. The normalized spacial score (nSPS) is 16.6. The highest BCUT2D eigenvalue weighted by molar-refractivity contribution is 6.36. The van der Waals surface area contributed by atoms with Gasteiger partial charge >= 0.3 is 0 Å². The maximum Gasteiger partial charge on any atom is 0.159 e. The second-order valence-electron chi connectivity index (χ2n) is 10.3. The zero-order valence-electron chi connectivity index (χ0n) is 21.6. The fourth-order valence-corrected chi connectivity index (χ4v) is 6.03. The molecule has 1 unspecified atom stereocenters. The van der Waals surface area contributed by atoms with E-state index >= 15 is 0 Å². The molecule has 2 heterocycles. The van der Waals surface area contributed by atoms with Crippen molar-refractivity contribution < 1.29 is 4.42 Å². The number of benzene rings is 5. The lowest BCUT2D eigenvalue weighted by Crippen LogP contribution is -2.33. The van der Waals surface area contributed by atoms with E-state index in [0.717, 1.165) is 51.7 Å². The van der Waals surface area contributed by atoms with Crippen LogP contribution in [0.1, 0.15) is 40.4 Å². The summed E-state index contributed by atoms with van der Waals surface area (Å²) in [4.78, 5) is 10.3. The number of hydrogen-bond acceptors (Lipinski definition) is 4. The largest absolute Gasteiger partial charge is 0.454 e. The first kappa shape index (κ1) is 23.2. The number of para-hydroxylation sites is 1. The second-order valence-corrected chi connectivity index (χ2v) is 10.7. The fourth-order valence-electron chi connectivity index (χ4n) is 5.84. The first-order valence-corrected chi connectivity index (χ1v) is 13.9. The molecule has 0 radical (unpaired) electrons. The molecule has 0 saturated heterocycles. The first-order valence-electron chi connectivity index (χ1n) is 13.5. The molecule has 5 heteroatoms. The molecular weight excluding hydrogens is 514 g/mol. The molecule has 6 aromatic rings. The van der Waals surface area contributed by atoms with E-state index in [-0.39, 0.29) is 6.17 Å². The van der Waals surface area contributed by atoms with Gasteiger partial charge in [0.05, 0.1) is 5.02 Å². The quantitative estimate of drug-likeness (QED) is 0.245. The summed E-state index contributed by atoms with van der Waals surface area (Å²) in [6.07, 6.45) is 6.19. The van der Waals surface area contributed by atoms with Crippen LogP contribution in [0.3, 0.4) is 0 Å². The van der Waals surface area contributed by atoms with Gasteiger partial charge in [0, 0.05) is 27.5 Å². The highest BCUT2D eigenvalue weighted by atomic mass is 35.5. The number of halogens is 1. The molecule has 0 bridgehead atoms. The third kappa shape index (κ3) is 3.83. The van der Waals surface area contributed by atoms with Gasteiger partial charge < -0.3 is 9.73 Å². The lowest BCUT2D eigenvalue weighted by Gasteiger charge is -2.25. The number of amidine groups is 2. The summed E-state index contributed by atoms with van der Waals surface area (Å²) in [7, 11) is 0. The van der Waals surface area contributed by atoms with Crippen molar-refractivity contribution in [1.29, 1.82) is 0 Å². The van der Waals surface area contributed by atoms with Crippen LogP contribution in [0, 0.1) is 0 Å². The van der Waals surface area contributed by atoms with Crippen LogP contribution >= 0.6 is 11.6 Å². The SMILES string of the molecule is Clc1ccc(C2N=C(c3ccc4c(c3)C=CCC4)N=C(c3ccc4ccccc4c3)N2)c2c1oc1ccccc12. The number of fused-ring (bicyclic) bond motifs is 5. The molecule has 4 nitrogen and oxygen atoms in total. The Bertz CT molecular complexity index is 2070. The van der Waals surface area contributed by atoms with Crippen molar-refractivity contribution in [2.45, 2.75) is 19.0 Å². The molecule has 0 amide bonds. The molecule has 1 aliphatic heterocycles. The van der Waals surface area contributed by atoms with E-state index in [4.69, 9.17) is 26.0 Å². The van der Waals surface area contributed by atoms with Crippen LogP contribution in [-0.4, -0.2) is 11.7 Å². The maximum atomic E-state index is 6.63. The fraction of sp³-hybridized carbons (Fsp3) is 0.0857. The van der Waals surface area contributed by atoms with E-state index in [9.17, 15) is 0 Å². The van der Waals surface area contributed by atoms with E-state index in [1.165, 1.54) is 21.9 Å². The Labute approximate surface area is 236 Å². The number of aliphatic imine (C=N–C) groups is 2. The van der Waals surface area contributed by atoms with E-state index in [2.05, 4.69) is 84.2 Å². The van der Waals surface area contributed by atoms with Gasteiger partial charge in [-0.15, -0.1) is 0 Å². The number of furan rings is 1. The van der Waals surface area contributed by atoms with Crippen molar-refractivity contribution in [3.8, 4) is 0 Å². The Morgan fingerprint density at radius 1 is 0.825 bits per heavy atom. The molecule has 2 aliphatic rings. The lowest BCUT2D eigenvalue weighted by atomic mass is 9.95. The van der Waals surface area contributed by atoms with Crippen molar-refractivity contribution in [1.82, 2.24) is 5.32 Å². The van der Waals surface area contributed by atoms with Gasteiger partial charge in [-0.05, 0) is 59.0 Å². The topological polar surface area (TPSA) is 49.9 Å². The van der Waals surface area contributed by atoms with Gasteiger partial charge in [-0.2, -0.15) is 0 Å². The van der Waals surface area contributed by atoms with E-state index in [1.54, 1.807) is 0 Å². The highest BCUT2D eigenvalue weighted by Gasteiger charge is 2.26. The summed E-state index contributed by atoms with van der Waals surface area (Å²) < 4.78 is 6.20. The molecule has 1 aliphatic carbocycles. The average Bonchev–Trinajstić information content (AvgIpc) is 3.41. The molecule has 8 rings (SSSR count). The molecule has 192 valence electrons. The number of aryl methyl sites for hydroxylation is 1. The number of nitrogens with one attached hydrogen (secondary N) is 1. The molecule has 0 spiro atoms. The molecular formula is C35H24ClN3O. The first-order chi connectivity index (χ1) is 19.7. The van der Waals surface area contributed by atoms with Gasteiger partial charge in [-0.1, -0.05) is 96.5 Å². The molecule has 1 atom stereocenters. The van der Waals surface area contributed by atoms with Crippen molar-refractivity contribution in [3.05, 3.63) is 136 Å². The minimum absolute atomic E-state index is 0.388. The summed E-state index contributed by atoms with van der Waals surface area (Å²) in [6, 6.07) is 33.4. The Morgan fingerprint density at radius 2 is 1.68 bits per heavy atom. The van der Waals surface area contributed by atoms with Gasteiger partial charge in [0.25, 0.3) is 0 Å². The molecule has 5 aromatic carbocycles. The zero-order chi connectivity index (χ0) is 26.6. The highest BCUT2D eigenvalue weighted by Crippen LogP contribution is 2.39. The van der Waals surface area contributed by atoms with Crippen LogP contribution in [-0.2, 0) is 6.42 Å². The van der Waals surface area contributed by atoms with Crippen LogP contribution in [0.4, 0.5) is 0 Å². The second kappa shape index (κ2) is 9.22. The molecule has 1 aromatic heterocycles. The predicted octanol–water partition coefficient (Wildman–Crippen LogP) is 8.85. The average molecular weight is 538 g/mol. The van der Waals surface area contributed by atoms with Gasteiger partial charge in [0.1, 0.15) is 17.6 Å². The maximum absolute atomic E-state index is 6.63. The summed E-state index contributed by atoms with van der Waals surface area (Å²) in [5.41, 5.74) is 7.07. The van der Waals surface area contributed by atoms with Crippen molar-refractivity contribution in [3.63, 3.8) is 0 Å². The number of hydrogen-bond donors (Lipinski definition) is 1. The Balaban J connectivity index is 1.32. The van der Waals surface area contributed by atoms with Gasteiger partial charge in [0.15, 0.2) is 11.4 Å². The van der Waals surface area contributed by atoms with Gasteiger partial charge in [-0.25, -0.2) is 9.98 Å². The zero-order valence-corrected chi connectivity index (χ0v) is 22.3. The van der Waals surface area contributed by atoms with Crippen molar-refractivity contribution in [2.24, 2.45) is 9.98 Å². The third-order valence-electron chi connectivity index (χ3n) is 7.85. The van der Waals surface area contributed by atoms with Crippen molar-refractivity contribution >= 4 is 62.1 Å². The van der Waals surface area contributed by atoms with Crippen LogP contribution in [0.15, 0.2) is 118 Å². The minimum Gasteiger partial charge on any atom is -0.454 e. The van der Waals surface area contributed by atoms with Gasteiger partial charge in [0.2, 0.25) is 0 Å². The predicted molar refractivity (Wildman–Crippen MR) is 165 cm³/mol. The van der Waals surface area contributed by atoms with Crippen LogP contribution < -0.4 is 5.32 Å². The van der Waals surface area contributed by atoms with Crippen LogP contribution in [0.2, 0.25) is 5.02 Å².